The molecule has 27 heavy (non-hydrogen) atoms. The van der Waals surface area contributed by atoms with Crippen molar-refractivity contribution in [3.63, 3.8) is 0 Å². The van der Waals surface area contributed by atoms with Crippen LogP contribution in [0.4, 0.5) is 17.5 Å². The normalized spacial score (nSPS) is 10.5. The number of carbonyl (C=O) groups is 1. The van der Waals surface area contributed by atoms with Crippen LogP contribution < -0.4 is 16.0 Å². The van der Waals surface area contributed by atoms with Gasteiger partial charge in [-0.15, -0.1) is 5.10 Å². The van der Waals surface area contributed by atoms with Crippen LogP contribution in [-0.2, 0) is 0 Å². The van der Waals surface area contributed by atoms with E-state index in [0.29, 0.717) is 35.4 Å². The lowest BCUT2D eigenvalue weighted by atomic mass is 10.2. The Kier molecular flexibility index (Phi) is 5.92. The van der Waals surface area contributed by atoms with Gasteiger partial charge in [0.25, 0.3) is 5.91 Å². The first-order valence-electron chi connectivity index (χ1n) is 8.51. The number of hydrogen-bond acceptors (Lipinski definition) is 8. The van der Waals surface area contributed by atoms with Gasteiger partial charge >= 0.3 is 0 Å². The van der Waals surface area contributed by atoms with E-state index in [4.69, 9.17) is 0 Å². The van der Waals surface area contributed by atoms with Gasteiger partial charge in [0.05, 0.1) is 5.69 Å². The van der Waals surface area contributed by atoms with Crippen LogP contribution in [-0.4, -0.2) is 38.6 Å². The first kappa shape index (κ1) is 18.7. The monoisotopic (exact) mass is 383 g/mol. The van der Waals surface area contributed by atoms with Crippen LogP contribution in [0.1, 0.15) is 26.6 Å². The zero-order chi connectivity index (χ0) is 19.2. The van der Waals surface area contributed by atoms with Crippen molar-refractivity contribution in [2.24, 2.45) is 0 Å². The van der Waals surface area contributed by atoms with Gasteiger partial charge in [0.2, 0.25) is 5.95 Å². The topological polar surface area (TPSA) is 105 Å². The third kappa shape index (κ3) is 5.20. The molecule has 2 heterocycles. The summed E-state index contributed by atoms with van der Waals surface area (Å²) in [5.41, 5.74) is 3.65. The number of aryl methyl sites for hydroxylation is 3. The van der Waals surface area contributed by atoms with Gasteiger partial charge in [0.1, 0.15) is 10.7 Å². The maximum atomic E-state index is 12.0. The summed E-state index contributed by atoms with van der Waals surface area (Å²) in [4.78, 5) is 21.4. The summed E-state index contributed by atoms with van der Waals surface area (Å²) in [6.45, 7) is 6.67. The van der Waals surface area contributed by atoms with Crippen molar-refractivity contribution in [1.82, 2.24) is 24.9 Å². The van der Waals surface area contributed by atoms with E-state index in [2.05, 4.69) is 35.5 Å². The summed E-state index contributed by atoms with van der Waals surface area (Å²) >= 11 is 1.09. The molecule has 0 bridgehead atoms. The third-order valence-electron chi connectivity index (χ3n) is 3.73. The van der Waals surface area contributed by atoms with E-state index in [1.807, 2.05) is 44.2 Å². The van der Waals surface area contributed by atoms with E-state index in [1.54, 1.807) is 6.92 Å². The minimum absolute atomic E-state index is 0.170. The highest BCUT2D eigenvalue weighted by molar-refractivity contribution is 7.07. The summed E-state index contributed by atoms with van der Waals surface area (Å²) in [6, 6.07) is 9.97. The highest BCUT2D eigenvalue weighted by Gasteiger charge is 2.12. The smallest absolute Gasteiger partial charge is 0.265 e. The molecule has 1 amide bonds. The zero-order valence-electron chi connectivity index (χ0n) is 15.4. The number of hydrogen-bond donors (Lipinski definition) is 3. The molecule has 0 saturated carbocycles. The molecule has 0 unspecified atom stereocenters. The van der Waals surface area contributed by atoms with E-state index in [1.165, 1.54) is 5.56 Å². The maximum absolute atomic E-state index is 12.0. The number of benzene rings is 1. The van der Waals surface area contributed by atoms with Crippen molar-refractivity contribution in [2.45, 2.75) is 20.8 Å². The molecule has 3 N–H and O–H groups in total. The van der Waals surface area contributed by atoms with E-state index in [-0.39, 0.29) is 5.91 Å². The Morgan fingerprint density at radius 1 is 1.07 bits per heavy atom. The molecule has 0 saturated heterocycles. The molecule has 3 rings (SSSR count). The second kappa shape index (κ2) is 8.54. The van der Waals surface area contributed by atoms with Crippen LogP contribution in [0.25, 0.3) is 0 Å². The molecule has 0 aliphatic heterocycles. The lowest BCUT2D eigenvalue weighted by molar-refractivity contribution is 0.0958. The first-order valence-corrected chi connectivity index (χ1v) is 9.29. The summed E-state index contributed by atoms with van der Waals surface area (Å²) in [7, 11) is 0. The standard InChI is InChI=1S/C18H21N7OS/c1-11-4-6-14(7-5-11)22-15-10-12(2)21-18(23-15)20-9-8-19-17(26)16-13(3)24-25-27-16/h4-7,10H,8-9H2,1-3H3,(H,19,26)(H2,20,21,22,23). The highest BCUT2D eigenvalue weighted by atomic mass is 32.1. The van der Waals surface area contributed by atoms with E-state index in [9.17, 15) is 4.79 Å². The van der Waals surface area contributed by atoms with Crippen molar-refractivity contribution < 1.29 is 4.79 Å². The van der Waals surface area contributed by atoms with E-state index in [0.717, 1.165) is 22.9 Å². The third-order valence-corrected chi connectivity index (χ3v) is 4.56. The number of aromatic nitrogens is 4. The molecule has 0 fully saturated rings. The lowest BCUT2D eigenvalue weighted by Crippen LogP contribution is -2.29. The molecule has 8 nitrogen and oxygen atoms in total. The Morgan fingerprint density at radius 3 is 2.56 bits per heavy atom. The molecule has 0 spiro atoms. The van der Waals surface area contributed by atoms with Gasteiger partial charge in [0, 0.05) is 30.5 Å². The molecule has 9 heteroatoms. The van der Waals surface area contributed by atoms with Gasteiger partial charge in [-0.25, -0.2) is 4.98 Å². The van der Waals surface area contributed by atoms with Gasteiger partial charge in [0.15, 0.2) is 0 Å². The summed E-state index contributed by atoms with van der Waals surface area (Å²) < 4.78 is 3.77. The summed E-state index contributed by atoms with van der Waals surface area (Å²) in [5, 5.41) is 13.1. The fourth-order valence-corrected chi connectivity index (χ4v) is 2.94. The van der Waals surface area contributed by atoms with Crippen molar-refractivity contribution >= 4 is 34.9 Å². The minimum atomic E-state index is -0.170. The minimum Gasteiger partial charge on any atom is -0.352 e. The van der Waals surface area contributed by atoms with Gasteiger partial charge in [-0.05, 0) is 44.4 Å². The van der Waals surface area contributed by atoms with E-state index < -0.39 is 0 Å². The molecule has 140 valence electrons. The predicted molar refractivity (Wildman–Crippen MR) is 107 cm³/mol. The van der Waals surface area contributed by atoms with Crippen LogP contribution in [0.5, 0.6) is 0 Å². The molecule has 1 aromatic carbocycles. The largest absolute Gasteiger partial charge is 0.352 e. The number of rotatable bonds is 7. The zero-order valence-corrected chi connectivity index (χ0v) is 16.2. The van der Waals surface area contributed by atoms with Gasteiger partial charge < -0.3 is 16.0 Å². The van der Waals surface area contributed by atoms with Gasteiger partial charge in [-0.2, -0.15) is 4.98 Å². The number of nitrogens with one attached hydrogen (secondary N) is 3. The fraction of sp³-hybridized carbons (Fsp3) is 0.278. The first-order chi connectivity index (χ1) is 13.0. The molecule has 3 aromatic rings. The van der Waals surface area contributed by atoms with Crippen molar-refractivity contribution in [2.75, 3.05) is 23.7 Å². The Labute approximate surface area is 161 Å². The van der Waals surface area contributed by atoms with Crippen molar-refractivity contribution in [3.05, 3.63) is 52.2 Å². The van der Waals surface area contributed by atoms with Crippen LogP contribution in [0, 0.1) is 20.8 Å². The fourth-order valence-electron chi connectivity index (χ4n) is 2.37. The van der Waals surface area contributed by atoms with Gasteiger partial charge in [-0.3, -0.25) is 4.79 Å². The molecule has 0 radical (unpaired) electrons. The van der Waals surface area contributed by atoms with Crippen LogP contribution >= 0.6 is 11.5 Å². The van der Waals surface area contributed by atoms with E-state index >= 15 is 0 Å². The van der Waals surface area contributed by atoms with Crippen LogP contribution in [0.2, 0.25) is 0 Å². The number of amides is 1. The molecule has 0 aliphatic carbocycles. The summed E-state index contributed by atoms with van der Waals surface area (Å²) in [6.07, 6.45) is 0. The number of carbonyl (C=O) groups excluding carboxylic acids is 1. The Bertz CT molecular complexity index is 924. The van der Waals surface area contributed by atoms with Gasteiger partial charge in [-0.1, -0.05) is 22.2 Å². The number of nitrogens with zero attached hydrogens (tertiary/aromatic N) is 4. The van der Waals surface area contributed by atoms with Crippen molar-refractivity contribution in [1.29, 1.82) is 0 Å². The molecule has 0 atom stereocenters. The Balaban J connectivity index is 1.54. The SMILES string of the molecule is Cc1ccc(Nc2cc(C)nc(NCCNC(=O)c3snnc3C)n2)cc1. The lowest BCUT2D eigenvalue weighted by Gasteiger charge is -2.10. The average molecular weight is 383 g/mol. The van der Waals surface area contributed by atoms with Crippen LogP contribution in [0.3, 0.4) is 0 Å². The maximum Gasteiger partial charge on any atom is 0.265 e. The molecule has 2 aromatic heterocycles. The molecular weight excluding hydrogens is 362 g/mol. The van der Waals surface area contributed by atoms with Crippen molar-refractivity contribution in [3.8, 4) is 0 Å². The molecular formula is C18H21N7OS. The van der Waals surface area contributed by atoms with Crippen LogP contribution in [0.15, 0.2) is 30.3 Å². The number of anilines is 3. The Hall–Kier alpha value is -3.07. The highest BCUT2D eigenvalue weighted by Crippen LogP contribution is 2.17. The molecule has 0 aliphatic rings. The average Bonchev–Trinajstić information content (AvgIpc) is 3.06. The Morgan fingerprint density at radius 2 is 1.85 bits per heavy atom. The quantitative estimate of drug-likeness (QED) is 0.539. The summed E-state index contributed by atoms with van der Waals surface area (Å²) in [5.74, 6) is 1.05. The second-order valence-electron chi connectivity index (χ2n) is 6.08. The predicted octanol–water partition coefficient (Wildman–Crippen LogP) is 2.84. The second-order valence-corrected chi connectivity index (χ2v) is 6.83.